The van der Waals surface area contributed by atoms with Crippen LogP contribution in [0.1, 0.15) is 32.6 Å². The standard InChI is InChI=1S/C11H21N3O2/c1-2-4-10(15)14-8-11(16)13-7-9-5-3-6-12-9/h9,12H,2-8H2,1H3,(H,13,16)(H,14,15). The topological polar surface area (TPSA) is 70.2 Å². The fraction of sp³-hybridized carbons (Fsp3) is 0.818. The molecule has 0 bridgehead atoms. The minimum atomic E-state index is -0.113. The molecule has 1 saturated heterocycles. The van der Waals surface area contributed by atoms with Gasteiger partial charge in [0.2, 0.25) is 11.8 Å². The zero-order valence-electron chi connectivity index (χ0n) is 9.84. The van der Waals surface area contributed by atoms with Crippen LogP contribution in [0.4, 0.5) is 0 Å². The quantitative estimate of drug-likeness (QED) is 0.587. The lowest BCUT2D eigenvalue weighted by Crippen LogP contribution is -2.42. The van der Waals surface area contributed by atoms with Crippen LogP contribution < -0.4 is 16.0 Å². The molecule has 1 atom stereocenters. The summed E-state index contributed by atoms with van der Waals surface area (Å²) in [7, 11) is 0. The lowest BCUT2D eigenvalue weighted by Gasteiger charge is -2.11. The van der Waals surface area contributed by atoms with E-state index < -0.39 is 0 Å². The second-order valence-corrected chi connectivity index (χ2v) is 4.12. The van der Waals surface area contributed by atoms with Crippen molar-refractivity contribution < 1.29 is 9.59 Å². The van der Waals surface area contributed by atoms with Crippen molar-refractivity contribution >= 4 is 11.8 Å². The van der Waals surface area contributed by atoms with Gasteiger partial charge in [-0.1, -0.05) is 6.92 Å². The van der Waals surface area contributed by atoms with Crippen molar-refractivity contribution in [3.8, 4) is 0 Å². The third kappa shape index (κ3) is 5.11. The smallest absolute Gasteiger partial charge is 0.239 e. The molecule has 0 aromatic carbocycles. The first-order valence-corrected chi connectivity index (χ1v) is 5.99. The Morgan fingerprint density at radius 3 is 2.75 bits per heavy atom. The van der Waals surface area contributed by atoms with Crippen LogP contribution in [-0.4, -0.2) is 37.5 Å². The highest BCUT2D eigenvalue weighted by Crippen LogP contribution is 2.02. The molecule has 0 saturated carbocycles. The molecular weight excluding hydrogens is 206 g/mol. The zero-order valence-corrected chi connectivity index (χ0v) is 9.84. The third-order valence-electron chi connectivity index (χ3n) is 2.63. The minimum Gasteiger partial charge on any atom is -0.353 e. The van der Waals surface area contributed by atoms with Gasteiger partial charge in [-0.25, -0.2) is 0 Å². The van der Waals surface area contributed by atoms with Crippen LogP contribution >= 0.6 is 0 Å². The van der Waals surface area contributed by atoms with E-state index in [9.17, 15) is 9.59 Å². The summed E-state index contributed by atoms with van der Waals surface area (Å²) < 4.78 is 0. The molecular formula is C11H21N3O2. The molecule has 0 radical (unpaired) electrons. The Morgan fingerprint density at radius 1 is 1.31 bits per heavy atom. The number of hydrogen-bond acceptors (Lipinski definition) is 3. The van der Waals surface area contributed by atoms with Gasteiger partial charge < -0.3 is 16.0 Å². The Labute approximate surface area is 96.4 Å². The average Bonchev–Trinajstić information content (AvgIpc) is 2.77. The maximum atomic E-state index is 11.4. The van der Waals surface area contributed by atoms with E-state index in [1.807, 2.05) is 6.92 Å². The normalized spacial score (nSPS) is 19.4. The molecule has 16 heavy (non-hydrogen) atoms. The number of hydrogen-bond donors (Lipinski definition) is 3. The van der Waals surface area contributed by atoms with Gasteiger partial charge in [0.1, 0.15) is 0 Å². The summed E-state index contributed by atoms with van der Waals surface area (Å²) >= 11 is 0. The molecule has 0 aromatic heterocycles. The van der Waals surface area contributed by atoms with E-state index in [0.717, 1.165) is 19.4 Å². The lowest BCUT2D eigenvalue weighted by atomic mass is 10.2. The molecule has 1 aliphatic rings. The van der Waals surface area contributed by atoms with Gasteiger partial charge in [0.25, 0.3) is 0 Å². The fourth-order valence-corrected chi connectivity index (χ4v) is 1.72. The summed E-state index contributed by atoms with van der Waals surface area (Å²) in [6, 6.07) is 0.398. The maximum Gasteiger partial charge on any atom is 0.239 e. The molecule has 0 spiro atoms. The molecule has 92 valence electrons. The lowest BCUT2D eigenvalue weighted by molar-refractivity contribution is -0.126. The first kappa shape index (κ1) is 13.0. The highest BCUT2D eigenvalue weighted by molar-refractivity contribution is 5.84. The molecule has 1 aliphatic heterocycles. The Kier molecular flexibility index (Phi) is 5.85. The summed E-state index contributed by atoms with van der Waals surface area (Å²) in [6.45, 7) is 3.72. The number of nitrogens with one attached hydrogen (secondary N) is 3. The van der Waals surface area contributed by atoms with Crippen LogP contribution in [0.5, 0.6) is 0 Å². The van der Waals surface area contributed by atoms with Gasteiger partial charge in [0, 0.05) is 19.0 Å². The van der Waals surface area contributed by atoms with Gasteiger partial charge in [0.05, 0.1) is 6.54 Å². The minimum absolute atomic E-state index is 0.0587. The van der Waals surface area contributed by atoms with Crippen molar-refractivity contribution in [1.29, 1.82) is 0 Å². The molecule has 1 fully saturated rings. The van der Waals surface area contributed by atoms with Crippen LogP contribution in [0.3, 0.4) is 0 Å². The summed E-state index contributed by atoms with van der Waals surface area (Å²) in [5, 5.41) is 8.69. The Balaban J connectivity index is 2.04. The molecule has 0 aromatic rings. The molecule has 5 heteroatoms. The van der Waals surface area contributed by atoms with E-state index in [0.29, 0.717) is 19.0 Å². The number of amides is 2. The maximum absolute atomic E-state index is 11.4. The second kappa shape index (κ2) is 7.22. The molecule has 3 N–H and O–H groups in total. The second-order valence-electron chi connectivity index (χ2n) is 4.12. The third-order valence-corrected chi connectivity index (χ3v) is 2.63. The molecule has 1 rings (SSSR count). The van der Waals surface area contributed by atoms with Crippen molar-refractivity contribution in [2.45, 2.75) is 38.6 Å². The summed E-state index contributed by atoms with van der Waals surface area (Å²) in [5.41, 5.74) is 0. The summed E-state index contributed by atoms with van der Waals surface area (Å²) in [5.74, 6) is -0.171. The van der Waals surface area contributed by atoms with Crippen molar-refractivity contribution in [3.05, 3.63) is 0 Å². The first-order valence-electron chi connectivity index (χ1n) is 5.99. The molecule has 2 amide bonds. The number of carbonyl (C=O) groups is 2. The van der Waals surface area contributed by atoms with E-state index in [1.165, 1.54) is 6.42 Å². The van der Waals surface area contributed by atoms with Gasteiger partial charge in [-0.3, -0.25) is 9.59 Å². The Bertz CT molecular complexity index is 237. The predicted octanol–water partition coefficient (Wildman–Crippen LogP) is -0.229. The highest BCUT2D eigenvalue weighted by atomic mass is 16.2. The van der Waals surface area contributed by atoms with Crippen LogP contribution in [0, 0.1) is 0 Å². The highest BCUT2D eigenvalue weighted by Gasteiger charge is 2.14. The SMILES string of the molecule is CCCC(=O)NCC(=O)NCC1CCCN1. The van der Waals surface area contributed by atoms with Crippen LogP contribution in [0.15, 0.2) is 0 Å². The van der Waals surface area contributed by atoms with E-state index in [4.69, 9.17) is 0 Å². The van der Waals surface area contributed by atoms with Crippen LogP contribution in [0.2, 0.25) is 0 Å². The number of carbonyl (C=O) groups excluding carboxylic acids is 2. The van der Waals surface area contributed by atoms with Crippen LogP contribution in [0.25, 0.3) is 0 Å². The fourth-order valence-electron chi connectivity index (χ4n) is 1.72. The van der Waals surface area contributed by atoms with Crippen LogP contribution in [-0.2, 0) is 9.59 Å². The first-order chi connectivity index (χ1) is 7.72. The predicted molar refractivity (Wildman–Crippen MR) is 62.0 cm³/mol. The largest absolute Gasteiger partial charge is 0.353 e. The van der Waals surface area contributed by atoms with E-state index in [-0.39, 0.29) is 18.4 Å². The molecule has 0 aliphatic carbocycles. The number of rotatable bonds is 6. The van der Waals surface area contributed by atoms with E-state index >= 15 is 0 Å². The molecule has 5 nitrogen and oxygen atoms in total. The van der Waals surface area contributed by atoms with E-state index in [1.54, 1.807) is 0 Å². The van der Waals surface area contributed by atoms with Gasteiger partial charge in [-0.2, -0.15) is 0 Å². The Hall–Kier alpha value is -1.10. The van der Waals surface area contributed by atoms with Crippen molar-refractivity contribution in [1.82, 2.24) is 16.0 Å². The Morgan fingerprint density at radius 2 is 2.12 bits per heavy atom. The monoisotopic (exact) mass is 227 g/mol. The summed E-state index contributed by atoms with van der Waals surface area (Å²) in [4.78, 5) is 22.5. The zero-order chi connectivity index (χ0) is 11.8. The molecule has 1 unspecified atom stereocenters. The van der Waals surface area contributed by atoms with Gasteiger partial charge in [0.15, 0.2) is 0 Å². The van der Waals surface area contributed by atoms with Gasteiger partial charge >= 0.3 is 0 Å². The van der Waals surface area contributed by atoms with Crippen molar-refractivity contribution in [2.75, 3.05) is 19.6 Å². The van der Waals surface area contributed by atoms with E-state index in [2.05, 4.69) is 16.0 Å². The summed E-state index contributed by atoms with van der Waals surface area (Å²) in [6.07, 6.45) is 3.58. The van der Waals surface area contributed by atoms with Crippen molar-refractivity contribution in [3.63, 3.8) is 0 Å². The molecule has 1 heterocycles. The van der Waals surface area contributed by atoms with Gasteiger partial charge in [-0.05, 0) is 25.8 Å². The average molecular weight is 227 g/mol. The van der Waals surface area contributed by atoms with Gasteiger partial charge in [-0.15, -0.1) is 0 Å². The van der Waals surface area contributed by atoms with Crippen molar-refractivity contribution in [2.24, 2.45) is 0 Å².